The number of methoxy groups -OCH3 is 4. The number of esters is 1. The number of carbonyl (C=O) groups excluding carboxylic acids is 3. The van der Waals surface area contributed by atoms with Crippen LogP contribution in [0, 0.1) is 6.92 Å². The van der Waals surface area contributed by atoms with Gasteiger partial charge in [-0.3, -0.25) is 4.79 Å². The lowest BCUT2D eigenvalue weighted by atomic mass is 9.95. The van der Waals surface area contributed by atoms with Crippen LogP contribution < -0.4 is 23.8 Å². The number of alkyl halides is 1. The summed E-state index contributed by atoms with van der Waals surface area (Å²) in [5, 5.41) is 1.79. The van der Waals surface area contributed by atoms with E-state index in [4.69, 9.17) is 23.7 Å². The number of aromatic nitrogens is 2. The molecule has 0 unspecified atom stereocenters. The molecule has 12 nitrogen and oxygen atoms in total. The first-order valence-corrected chi connectivity index (χ1v) is 15.3. The second-order valence-electron chi connectivity index (χ2n) is 10.8. The molecule has 0 spiro atoms. The third-order valence-electron chi connectivity index (χ3n) is 8.38. The summed E-state index contributed by atoms with van der Waals surface area (Å²) in [5.41, 5.74) is 3.63. The molecule has 2 amide bonds. The minimum Gasteiger partial charge on any atom is -0.493 e. The zero-order valence-corrected chi connectivity index (χ0v) is 26.7. The predicted octanol–water partition coefficient (Wildman–Crippen LogP) is 5.50. The number of nitrogens with one attached hydrogen (secondary N) is 2. The Hall–Kier alpha value is -4.39. The summed E-state index contributed by atoms with van der Waals surface area (Å²) in [6, 6.07) is 5.21. The number of aromatic amines is 2. The smallest absolute Gasteiger partial charge is 0.415 e. The molecular weight excluding hydrogens is 636 g/mol. The van der Waals surface area contributed by atoms with Crippen LogP contribution in [0.2, 0.25) is 0 Å². The summed E-state index contributed by atoms with van der Waals surface area (Å²) in [6.07, 6.45) is 1.34. The van der Waals surface area contributed by atoms with Crippen molar-refractivity contribution in [2.45, 2.75) is 25.7 Å². The van der Waals surface area contributed by atoms with E-state index in [2.05, 4.69) is 25.9 Å². The normalized spacial score (nSPS) is 16.0. The van der Waals surface area contributed by atoms with Crippen LogP contribution in [0.3, 0.4) is 0 Å². The second-order valence-corrected chi connectivity index (χ2v) is 11.4. The van der Waals surface area contributed by atoms with E-state index >= 15 is 0 Å². The molecule has 4 aromatic rings. The number of fused-ring (bicyclic) bond motifs is 4. The van der Waals surface area contributed by atoms with Gasteiger partial charge in [0.25, 0.3) is 5.91 Å². The molecule has 0 radical (unpaired) electrons. The fraction of sp³-hybridized carbons (Fsp3) is 0.387. The number of benzene rings is 2. The highest BCUT2D eigenvalue weighted by molar-refractivity contribution is 9.09. The van der Waals surface area contributed by atoms with Crippen molar-refractivity contribution in [3.63, 3.8) is 0 Å². The van der Waals surface area contributed by atoms with Gasteiger partial charge < -0.3 is 43.5 Å². The quantitative estimate of drug-likeness (QED) is 0.195. The molecule has 2 N–H and O–H groups in total. The molecule has 1 saturated heterocycles. The molecule has 0 saturated carbocycles. The highest BCUT2D eigenvalue weighted by atomic mass is 79.9. The van der Waals surface area contributed by atoms with Crippen LogP contribution in [0.25, 0.3) is 21.8 Å². The third kappa shape index (κ3) is 4.61. The maximum absolute atomic E-state index is 14.3. The first kappa shape index (κ1) is 29.7. The zero-order chi connectivity index (χ0) is 31.3. The van der Waals surface area contributed by atoms with E-state index in [1.54, 1.807) is 34.9 Å². The van der Waals surface area contributed by atoms with Crippen molar-refractivity contribution in [3.8, 4) is 23.0 Å². The molecule has 1 atom stereocenters. The molecule has 2 aromatic carbocycles. The van der Waals surface area contributed by atoms with Crippen molar-refractivity contribution in [3.05, 3.63) is 40.7 Å². The van der Waals surface area contributed by atoms with E-state index in [1.165, 1.54) is 28.4 Å². The Balaban J connectivity index is 1.52. The number of hydrogen-bond acceptors (Lipinski definition) is 8. The number of H-pyrrole nitrogens is 2. The number of likely N-dealkylation sites (tertiary alicyclic amines) is 1. The van der Waals surface area contributed by atoms with Crippen LogP contribution in [0.1, 0.15) is 50.9 Å². The predicted molar refractivity (Wildman–Crippen MR) is 167 cm³/mol. The van der Waals surface area contributed by atoms with Gasteiger partial charge in [-0.1, -0.05) is 15.9 Å². The lowest BCUT2D eigenvalue weighted by Gasteiger charge is -2.19. The van der Waals surface area contributed by atoms with Crippen LogP contribution in [0.15, 0.2) is 18.2 Å². The summed E-state index contributed by atoms with van der Waals surface area (Å²) in [6.45, 7) is 3.31. The topological polar surface area (TPSA) is 135 Å². The van der Waals surface area contributed by atoms with Crippen molar-refractivity contribution in [2.24, 2.45) is 0 Å². The maximum Gasteiger partial charge on any atom is 0.415 e. The minimum atomic E-state index is -0.525. The number of hydrogen-bond donors (Lipinski definition) is 2. The molecule has 0 bridgehead atoms. The Kier molecular flexibility index (Phi) is 7.82. The zero-order valence-electron chi connectivity index (χ0n) is 25.1. The van der Waals surface area contributed by atoms with E-state index in [-0.39, 0.29) is 17.6 Å². The van der Waals surface area contributed by atoms with Crippen LogP contribution in [0.4, 0.5) is 10.5 Å². The highest BCUT2D eigenvalue weighted by Gasteiger charge is 2.39. The lowest BCUT2D eigenvalue weighted by Crippen LogP contribution is -2.31. The number of amides is 2. The van der Waals surface area contributed by atoms with Gasteiger partial charge in [-0.25, -0.2) is 9.59 Å². The van der Waals surface area contributed by atoms with Crippen LogP contribution >= 0.6 is 15.9 Å². The number of halogens is 1. The van der Waals surface area contributed by atoms with Gasteiger partial charge in [0.15, 0.2) is 17.2 Å². The van der Waals surface area contributed by atoms with Crippen LogP contribution in [-0.2, 0) is 4.74 Å². The van der Waals surface area contributed by atoms with Crippen molar-refractivity contribution < 1.29 is 38.1 Å². The molecule has 13 heteroatoms. The first-order valence-electron chi connectivity index (χ1n) is 14.2. The molecule has 2 aromatic heterocycles. The monoisotopic (exact) mass is 668 g/mol. The number of rotatable bonds is 7. The highest BCUT2D eigenvalue weighted by Crippen LogP contribution is 2.49. The van der Waals surface area contributed by atoms with Gasteiger partial charge in [-0.2, -0.15) is 0 Å². The number of ether oxygens (including phenoxy) is 5. The van der Waals surface area contributed by atoms with Crippen molar-refractivity contribution in [1.29, 1.82) is 0 Å². The van der Waals surface area contributed by atoms with Gasteiger partial charge >= 0.3 is 12.1 Å². The average Bonchev–Trinajstić information content (AvgIpc) is 3.83. The standard InChI is InChI=1S/C31H33BrN4O8/c1-15-22(30(38)43-5)24-23-17(13-32)14-36(19(23)12-20(26(24)33-15)44-31(39)35-8-6-7-9-35)29(37)18-10-16-11-21(40-2)27(41-3)28(42-4)25(16)34-18/h10-12,17,33-34H,6-9,13-14H2,1-5H3/t17-/m1/s1. The van der Waals surface area contributed by atoms with Crippen molar-refractivity contribution in [1.82, 2.24) is 14.9 Å². The first-order chi connectivity index (χ1) is 21.3. The molecule has 2 aliphatic rings. The Labute approximate surface area is 261 Å². The van der Waals surface area contributed by atoms with Crippen LogP contribution in [-0.4, -0.2) is 86.2 Å². The second kappa shape index (κ2) is 11.6. The number of nitrogens with zero attached hydrogens (tertiary/aromatic N) is 2. The molecule has 0 aliphatic carbocycles. The summed E-state index contributed by atoms with van der Waals surface area (Å²) in [5.74, 6) is 0.498. The van der Waals surface area contributed by atoms with Gasteiger partial charge in [0.05, 0.1) is 50.7 Å². The number of aryl methyl sites for hydroxylation is 1. The molecule has 2 aliphatic heterocycles. The fourth-order valence-electron chi connectivity index (χ4n) is 6.35. The average molecular weight is 670 g/mol. The molecule has 44 heavy (non-hydrogen) atoms. The SMILES string of the molecule is COC(=O)c1c(C)[nH]c2c(OC(=O)N3CCCC3)cc3c(c12)[C@H](CBr)CN3C(=O)c1cc2cc(OC)c(OC)c(OC)c2[nH]1. The van der Waals surface area contributed by atoms with Gasteiger partial charge in [0.2, 0.25) is 5.75 Å². The van der Waals surface area contributed by atoms with Gasteiger partial charge in [-0.15, -0.1) is 0 Å². The maximum atomic E-state index is 14.3. The van der Waals surface area contributed by atoms with Gasteiger partial charge in [-0.05, 0) is 37.5 Å². The fourth-order valence-corrected chi connectivity index (χ4v) is 6.88. The van der Waals surface area contributed by atoms with E-state index < -0.39 is 12.1 Å². The summed E-state index contributed by atoms with van der Waals surface area (Å²) in [4.78, 5) is 50.2. The molecule has 1 fully saturated rings. The van der Waals surface area contributed by atoms with Crippen molar-refractivity contribution >= 4 is 61.4 Å². The van der Waals surface area contributed by atoms with E-state index in [1.807, 2.05) is 0 Å². The minimum absolute atomic E-state index is 0.169. The third-order valence-corrected chi connectivity index (χ3v) is 9.16. The molecule has 4 heterocycles. The van der Waals surface area contributed by atoms with Crippen LogP contribution in [0.5, 0.6) is 23.0 Å². The van der Waals surface area contributed by atoms with Gasteiger partial charge in [0.1, 0.15) is 5.69 Å². The summed E-state index contributed by atoms with van der Waals surface area (Å²) in [7, 11) is 5.89. The Bertz CT molecular complexity index is 1810. The van der Waals surface area contributed by atoms with Gasteiger partial charge in [0, 0.05) is 53.4 Å². The Morgan fingerprint density at radius 1 is 0.932 bits per heavy atom. The molecule has 232 valence electrons. The number of anilines is 1. The summed E-state index contributed by atoms with van der Waals surface area (Å²) < 4.78 is 27.7. The Morgan fingerprint density at radius 3 is 2.30 bits per heavy atom. The molecular formula is C31H33BrN4O8. The summed E-state index contributed by atoms with van der Waals surface area (Å²) >= 11 is 3.62. The number of carbonyl (C=O) groups is 3. The van der Waals surface area contributed by atoms with E-state index in [9.17, 15) is 14.4 Å². The van der Waals surface area contributed by atoms with E-state index in [0.29, 0.717) is 86.7 Å². The molecule has 6 rings (SSSR count). The van der Waals surface area contributed by atoms with E-state index in [0.717, 1.165) is 18.4 Å². The van der Waals surface area contributed by atoms with Crippen molar-refractivity contribution in [2.75, 3.05) is 58.3 Å². The lowest BCUT2D eigenvalue weighted by molar-refractivity contribution is 0.0602. The Morgan fingerprint density at radius 2 is 1.66 bits per heavy atom. The largest absolute Gasteiger partial charge is 0.493 e.